The molecule has 0 heterocycles. The first-order valence-electron chi connectivity index (χ1n) is 4.74. The van der Waals surface area contributed by atoms with E-state index in [-0.39, 0.29) is 6.04 Å². The van der Waals surface area contributed by atoms with Crippen LogP contribution in [0.5, 0.6) is 0 Å². The Morgan fingerprint density at radius 2 is 2.08 bits per heavy atom. The van der Waals surface area contributed by atoms with E-state index in [0.29, 0.717) is 0 Å². The van der Waals surface area contributed by atoms with E-state index >= 15 is 0 Å². The van der Waals surface area contributed by atoms with Gasteiger partial charge >= 0.3 is 0 Å². The van der Waals surface area contributed by atoms with E-state index in [0.717, 1.165) is 13.0 Å². The van der Waals surface area contributed by atoms with Gasteiger partial charge in [0.05, 0.1) is 12.1 Å². The average molecular weight is 196 g/mol. The minimum atomic E-state index is -1.34. The first kappa shape index (κ1) is 12.4. The number of nitriles is 1. The minimum absolute atomic E-state index is 0.0224. The summed E-state index contributed by atoms with van der Waals surface area (Å²) in [6.07, 6.45) is 2.60. The van der Waals surface area contributed by atoms with Gasteiger partial charge in [0.25, 0.3) is 0 Å². The summed E-state index contributed by atoms with van der Waals surface area (Å²) in [5.41, 5.74) is 0. The van der Waals surface area contributed by atoms with Gasteiger partial charge in [-0.3, -0.25) is 0 Å². The molecule has 0 saturated carbocycles. The third-order valence-electron chi connectivity index (χ3n) is 2.12. The molecule has 0 aliphatic heterocycles. The van der Waals surface area contributed by atoms with Gasteiger partial charge in [0.15, 0.2) is 0 Å². The summed E-state index contributed by atoms with van der Waals surface area (Å²) in [4.78, 5) is 0. The molecule has 0 aromatic carbocycles. The molecule has 1 unspecified atom stereocenters. The SMILES string of the molecule is C=CCC(C#N)N(CC)[Si](C)(C)C. The summed E-state index contributed by atoms with van der Waals surface area (Å²) in [6.45, 7) is 13.6. The Bertz CT molecular complexity index is 200. The average Bonchev–Trinajstić information content (AvgIpc) is 2.01. The molecule has 1 atom stereocenters. The van der Waals surface area contributed by atoms with Crippen molar-refractivity contribution in [3.05, 3.63) is 12.7 Å². The lowest BCUT2D eigenvalue weighted by Gasteiger charge is -2.36. The Kier molecular flexibility index (Phi) is 4.97. The maximum absolute atomic E-state index is 9.00. The molecule has 0 radical (unpaired) electrons. The molecule has 0 N–H and O–H groups in total. The number of hydrogen-bond donors (Lipinski definition) is 0. The van der Waals surface area contributed by atoms with Crippen molar-refractivity contribution in [2.75, 3.05) is 6.54 Å². The Morgan fingerprint density at radius 3 is 2.31 bits per heavy atom. The van der Waals surface area contributed by atoms with Crippen LogP contribution in [0.1, 0.15) is 13.3 Å². The fourth-order valence-electron chi connectivity index (χ4n) is 1.57. The molecule has 0 aliphatic carbocycles. The number of hydrogen-bond acceptors (Lipinski definition) is 2. The highest BCUT2D eigenvalue weighted by Gasteiger charge is 2.28. The molecule has 0 spiro atoms. The molecule has 0 bridgehead atoms. The Balaban J connectivity index is 4.54. The number of nitrogens with zero attached hydrogens (tertiary/aromatic N) is 2. The van der Waals surface area contributed by atoms with Gasteiger partial charge in [0.2, 0.25) is 0 Å². The monoisotopic (exact) mass is 196 g/mol. The van der Waals surface area contributed by atoms with E-state index < -0.39 is 8.24 Å². The largest absolute Gasteiger partial charge is 0.310 e. The highest BCUT2D eigenvalue weighted by atomic mass is 28.3. The maximum Gasteiger partial charge on any atom is 0.120 e. The molecule has 0 aliphatic rings. The molecule has 0 rings (SSSR count). The lowest BCUT2D eigenvalue weighted by molar-refractivity contribution is 0.388. The predicted octanol–water partition coefficient (Wildman–Crippen LogP) is 2.61. The van der Waals surface area contributed by atoms with E-state index in [1.54, 1.807) is 0 Å². The van der Waals surface area contributed by atoms with Crippen molar-refractivity contribution >= 4 is 8.24 Å². The smallest absolute Gasteiger partial charge is 0.120 e. The van der Waals surface area contributed by atoms with Gasteiger partial charge in [-0.15, -0.1) is 6.58 Å². The Morgan fingerprint density at radius 1 is 1.54 bits per heavy atom. The van der Waals surface area contributed by atoms with Crippen molar-refractivity contribution in [1.82, 2.24) is 4.57 Å². The fraction of sp³-hybridized carbons (Fsp3) is 0.700. The van der Waals surface area contributed by atoms with Crippen molar-refractivity contribution < 1.29 is 0 Å². The summed E-state index contributed by atoms with van der Waals surface area (Å²) < 4.78 is 2.33. The maximum atomic E-state index is 9.00. The normalized spacial score (nSPS) is 13.8. The van der Waals surface area contributed by atoms with Crippen LogP contribution in [0.3, 0.4) is 0 Å². The van der Waals surface area contributed by atoms with Gasteiger partial charge in [-0.05, 0) is 13.0 Å². The van der Waals surface area contributed by atoms with Crippen molar-refractivity contribution in [1.29, 1.82) is 5.26 Å². The molecule has 0 saturated heterocycles. The quantitative estimate of drug-likeness (QED) is 0.499. The summed E-state index contributed by atoms with van der Waals surface area (Å²) in [5, 5.41) is 9.00. The van der Waals surface area contributed by atoms with Crippen LogP contribution < -0.4 is 0 Å². The van der Waals surface area contributed by atoms with Crippen molar-refractivity contribution in [2.24, 2.45) is 0 Å². The van der Waals surface area contributed by atoms with Gasteiger partial charge in [-0.1, -0.05) is 32.6 Å². The summed E-state index contributed by atoms with van der Waals surface area (Å²) in [7, 11) is -1.34. The lowest BCUT2D eigenvalue weighted by atomic mass is 10.2. The predicted molar refractivity (Wildman–Crippen MR) is 59.9 cm³/mol. The molecule has 74 valence electrons. The lowest BCUT2D eigenvalue weighted by Crippen LogP contribution is -2.51. The van der Waals surface area contributed by atoms with Gasteiger partial charge in [0.1, 0.15) is 8.24 Å². The topological polar surface area (TPSA) is 27.0 Å². The van der Waals surface area contributed by atoms with Gasteiger partial charge in [-0.2, -0.15) is 5.26 Å². The van der Waals surface area contributed by atoms with Crippen LogP contribution in [0.15, 0.2) is 12.7 Å². The summed E-state index contributed by atoms with van der Waals surface area (Å²) in [6, 6.07) is 2.37. The number of rotatable bonds is 5. The summed E-state index contributed by atoms with van der Waals surface area (Å²) >= 11 is 0. The van der Waals surface area contributed by atoms with Crippen LogP contribution in [0, 0.1) is 11.3 Å². The Labute approximate surface area is 82.9 Å². The minimum Gasteiger partial charge on any atom is -0.310 e. The standard InChI is InChI=1S/C10H20N2Si/c1-6-8-10(9-11)12(7-2)13(3,4)5/h6,10H,1,7-8H2,2-5H3. The van der Waals surface area contributed by atoms with Crippen LogP contribution in [-0.4, -0.2) is 25.4 Å². The Hall–Kier alpha value is -0.593. The molecule has 0 aromatic heterocycles. The van der Waals surface area contributed by atoms with Crippen LogP contribution >= 0.6 is 0 Å². The van der Waals surface area contributed by atoms with Gasteiger partial charge in [0, 0.05) is 0 Å². The van der Waals surface area contributed by atoms with E-state index in [1.165, 1.54) is 0 Å². The molecule has 0 amide bonds. The molecule has 3 heteroatoms. The second-order valence-electron chi connectivity index (χ2n) is 4.13. The van der Waals surface area contributed by atoms with E-state index in [2.05, 4.69) is 43.8 Å². The van der Waals surface area contributed by atoms with E-state index in [1.807, 2.05) is 6.08 Å². The zero-order valence-corrected chi connectivity index (χ0v) is 10.2. The second kappa shape index (κ2) is 5.20. The van der Waals surface area contributed by atoms with Crippen molar-refractivity contribution in [3.8, 4) is 6.07 Å². The van der Waals surface area contributed by atoms with Crippen LogP contribution in [0.2, 0.25) is 19.6 Å². The van der Waals surface area contributed by atoms with Crippen LogP contribution in [-0.2, 0) is 0 Å². The molecule has 13 heavy (non-hydrogen) atoms. The first-order valence-corrected chi connectivity index (χ1v) is 8.19. The summed E-state index contributed by atoms with van der Waals surface area (Å²) in [5.74, 6) is 0. The van der Waals surface area contributed by atoms with E-state index in [4.69, 9.17) is 5.26 Å². The molecule has 0 fully saturated rings. The van der Waals surface area contributed by atoms with Crippen molar-refractivity contribution in [2.45, 2.75) is 39.0 Å². The first-order chi connectivity index (χ1) is 5.97. The van der Waals surface area contributed by atoms with Gasteiger partial charge in [-0.25, -0.2) is 0 Å². The zero-order valence-electron chi connectivity index (χ0n) is 9.17. The van der Waals surface area contributed by atoms with E-state index in [9.17, 15) is 0 Å². The highest BCUT2D eigenvalue weighted by Crippen LogP contribution is 2.15. The molecule has 2 nitrogen and oxygen atoms in total. The molecular weight excluding hydrogens is 176 g/mol. The second-order valence-corrected chi connectivity index (χ2v) is 9.04. The third kappa shape index (κ3) is 3.75. The zero-order chi connectivity index (χ0) is 10.5. The van der Waals surface area contributed by atoms with Gasteiger partial charge < -0.3 is 4.57 Å². The molecular formula is C10H20N2Si. The highest BCUT2D eigenvalue weighted by molar-refractivity contribution is 6.73. The van der Waals surface area contributed by atoms with Crippen LogP contribution in [0.25, 0.3) is 0 Å². The molecule has 0 aromatic rings. The van der Waals surface area contributed by atoms with Crippen LogP contribution in [0.4, 0.5) is 0 Å². The van der Waals surface area contributed by atoms with Crippen molar-refractivity contribution in [3.63, 3.8) is 0 Å². The fourth-order valence-corrected chi connectivity index (χ4v) is 3.62. The third-order valence-corrected chi connectivity index (χ3v) is 4.47.